The smallest absolute Gasteiger partial charge is 0.341 e. The van der Waals surface area contributed by atoms with Crippen LogP contribution in [0, 0.1) is 11.3 Å². The van der Waals surface area contributed by atoms with Crippen molar-refractivity contribution in [2.75, 3.05) is 11.9 Å². The average Bonchev–Trinajstić information content (AvgIpc) is 3.04. The fraction of sp³-hybridized carbons (Fsp3) is 0.435. The van der Waals surface area contributed by atoms with E-state index in [0.29, 0.717) is 28.7 Å². The third-order valence-corrected chi connectivity index (χ3v) is 6.83. The lowest BCUT2D eigenvalue weighted by molar-refractivity contribution is 0.0526. The molecule has 0 bridgehead atoms. The van der Waals surface area contributed by atoms with Gasteiger partial charge in [-0.3, -0.25) is 10.1 Å². The van der Waals surface area contributed by atoms with Crippen molar-refractivity contribution in [2.24, 2.45) is 11.3 Å². The van der Waals surface area contributed by atoms with Crippen LogP contribution in [-0.4, -0.2) is 23.6 Å². The molecule has 1 heterocycles. The van der Waals surface area contributed by atoms with E-state index in [-0.39, 0.29) is 22.4 Å². The zero-order valence-corrected chi connectivity index (χ0v) is 19.5. The summed E-state index contributed by atoms with van der Waals surface area (Å²) in [7, 11) is 0. The molecule has 0 saturated carbocycles. The summed E-state index contributed by atoms with van der Waals surface area (Å²) in [5, 5.41) is 6.58. The van der Waals surface area contributed by atoms with E-state index < -0.39 is 0 Å². The van der Waals surface area contributed by atoms with E-state index in [1.54, 1.807) is 31.2 Å². The number of thiocarbonyl (C=S) groups is 1. The van der Waals surface area contributed by atoms with Crippen LogP contribution in [0.15, 0.2) is 30.3 Å². The van der Waals surface area contributed by atoms with E-state index in [1.807, 2.05) is 6.07 Å². The van der Waals surface area contributed by atoms with Crippen molar-refractivity contribution >= 4 is 45.5 Å². The number of thiophene rings is 1. The van der Waals surface area contributed by atoms with E-state index in [4.69, 9.17) is 17.0 Å². The molecule has 0 radical (unpaired) electrons. The van der Waals surface area contributed by atoms with E-state index in [1.165, 1.54) is 16.2 Å². The molecule has 0 saturated heterocycles. The molecular formula is C23H28N2O3S2. The first-order valence-electron chi connectivity index (χ1n) is 10.2. The maximum absolute atomic E-state index is 12.7. The van der Waals surface area contributed by atoms with Crippen molar-refractivity contribution in [2.45, 2.75) is 47.0 Å². The number of carbonyl (C=O) groups is 2. The molecular weight excluding hydrogens is 416 g/mol. The molecule has 2 N–H and O–H groups in total. The van der Waals surface area contributed by atoms with Gasteiger partial charge in [-0.2, -0.15) is 0 Å². The van der Waals surface area contributed by atoms with Crippen molar-refractivity contribution in [1.29, 1.82) is 0 Å². The van der Waals surface area contributed by atoms with Gasteiger partial charge in [0.1, 0.15) is 5.00 Å². The number of fused-ring (bicyclic) bond motifs is 1. The standard InChI is InChI=1S/C23H28N2O3S2/c1-5-28-21(27)18-16-12-11-15(23(2,3)4)13-17(16)30-20(18)25-22(29)24-19(26)14-9-7-6-8-10-14/h6-10,15H,5,11-13H2,1-4H3,(H2,24,25,26,29)/t15-/m1/s1. The first-order chi connectivity index (χ1) is 14.2. The highest BCUT2D eigenvalue weighted by Gasteiger charge is 2.34. The molecule has 2 aromatic rings. The van der Waals surface area contributed by atoms with Crippen molar-refractivity contribution < 1.29 is 14.3 Å². The van der Waals surface area contributed by atoms with Crippen LogP contribution < -0.4 is 10.6 Å². The first-order valence-corrected chi connectivity index (χ1v) is 11.4. The van der Waals surface area contributed by atoms with Crippen LogP contribution in [0.3, 0.4) is 0 Å². The number of rotatable bonds is 4. The van der Waals surface area contributed by atoms with Gasteiger partial charge in [0.05, 0.1) is 12.2 Å². The van der Waals surface area contributed by atoms with Gasteiger partial charge in [-0.15, -0.1) is 11.3 Å². The minimum absolute atomic E-state index is 0.167. The Balaban J connectivity index is 1.83. The van der Waals surface area contributed by atoms with E-state index >= 15 is 0 Å². The van der Waals surface area contributed by atoms with Crippen LogP contribution in [0.2, 0.25) is 0 Å². The van der Waals surface area contributed by atoms with Gasteiger partial charge in [-0.05, 0) is 67.4 Å². The van der Waals surface area contributed by atoms with Crippen molar-refractivity contribution in [1.82, 2.24) is 5.32 Å². The summed E-state index contributed by atoms with van der Waals surface area (Å²) in [6, 6.07) is 8.88. The molecule has 5 nitrogen and oxygen atoms in total. The number of amides is 1. The van der Waals surface area contributed by atoms with E-state index in [2.05, 4.69) is 31.4 Å². The number of esters is 1. The van der Waals surface area contributed by atoms with Gasteiger partial charge in [-0.25, -0.2) is 4.79 Å². The Labute approximate surface area is 187 Å². The first kappa shape index (κ1) is 22.4. The number of anilines is 1. The Morgan fingerprint density at radius 2 is 1.93 bits per heavy atom. The number of benzene rings is 1. The van der Waals surface area contributed by atoms with Crippen LogP contribution in [0.5, 0.6) is 0 Å². The lowest BCUT2D eigenvalue weighted by Crippen LogP contribution is -2.34. The molecule has 3 rings (SSSR count). The zero-order chi connectivity index (χ0) is 21.9. The maximum atomic E-state index is 12.7. The SMILES string of the molecule is CCOC(=O)c1c(NC(=S)NC(=O)c2ccccc2)sc2c1CC[C@@H](C(C)(C)C)C2. The van der Waals surface area contributed by atoms with Crippen LogP contribution in [0.25, 0.3) is 0 Å². The van der Waals surface area contributed by atoms with Crippen LogP contribution >= 0.6 is 23.6 Å². The van der Waals surface area contributed by atoms with Crippen molar-refractivity contribution in [3.8, 4) is 0 Å². The lowest BCUT2D eigenvalue weighted by Gasteiger charge is -2.33. The molecule has 0 fully saturated rings. The van der Waals surface area contributed by atoms with Gasteiger partial charge >= 0.3 is 5.97 Å². The Bertz CT molecular complexity index is 945. The molecule has 1 amide bonds. The largest absolute Gasteiger partial charge is 0.462 e. The Kier molecular flexibility index (Phi) is 6.93. The number of hydrogen-bond acceptors (Lipinski definition) is 5. The minimum atomic E-state index is -0.344. The van der Waals surface area contributed by atoms with Crippen LogP contribution in [-0.2, 0) is 17.6 Å². The van der Waals surface area contributed by atoms with E-state index in [0.717, 1.165) is 24.8 Å². The summed E-state index contributed by atoms with van der Waals surface area (Å²) in [5.74, 6) is -0.0833. The molecule has 0 spiro atoms. The normalized spacial score (nSPS) is 15.8. The molecule has 30 heavy (non-hydrogen) atoms. The monoisotopic (exact) mass is 444 g/mol. The molecule has 1 aliphatic carbocycles. The highest BCUT2D eigenvalue weighted by molar-refractivity contribution is 7.80. The summed E-state index contributed by atoms with van der Waals surface area (Å²) < 4.78 is 5.32. The Hall–Kier alpha value is -2.25. The van der Waals surface area contributed by atoms with Crippen LogP contribution in [0.4, 0.5) is 5.00 Å². The number of carbonyl (C=O) groups excluding carboxylic acids is 2. The second kappa shape index (κ2) is 9.27. The summed E-state index contributed by atoms with van der Waals surface area (Å²) in [5.41, 5.74) is 2.34. The highest BCUT2D eigenvalue weighted by Crippen LogP contribution is 2.44. The fourth-order valence-corrected chi connectivity index (χ4v) is 5.31. The van der Waals surface area contributed by atoms with Gasteiger partial charge < -0.3 is 10.1 Å². The van der Waals surface area contributed by atoms with Crippen molar-refractivity contribution in [3.63, 3.8) is 0 Å². The summed E-state index contributed by atoms with van der Waals surface area (Å²) in [4.78, 5) is 26.3. The molecule has 1 aromatic carbocycles. The lowest BCUT2D eigenvalue weighted by atomic mass is 9.72. The van der Waals surface area contributed by atoms with Gasteiger partial charge in [0, 0.05) is 10.4 Å². The summed E-state index contributed by atoms with van der Waals surface area (Å²) in [6.45, 7) is 8.88. The zero-order valence-electron chi connectivity index (χ0n) is 17.8. The third kappa shape index (κ3) is 5.08. The number of nitrogens with one attached hydrogen (secondary N) is 2. The molecule has 1 atom stereocenters. The fourth-order valence-electron chi connectivity index (χ4n) is 3.73. The molecule has 1 aromatic heterocycles. The summed E-state index contributed by atoms with van der Waals surface area (Å²) in [6.07, 6.45) is 2.81. The van der Waals surface area contributed by atoms with Crippen LogP contribution in [0.1, 0.15) is 65.3 Å². The van der Waals surface area contributed by atoms with Gasteiger partial charge in [-0.1, -0.05) is 39.0 Å². The average molecular weight is 445 g/mol. The van der Waals surface area contributed by atoms with Crippen molar-refractivity contribution in [3.05, 3.63) is 51.9 Å². The Morgan fingerprint density at radius 1 is 1.23 bits per heavy atom. The number of ether oxygens (including phenoxy) is 1. The highest BCUT2D eigenvalue weighted by atomic mass is 32.1. The minimum Gasteiger partial charge on any atom is -0.462 e. The predicted octanol–water partition coefficient (Wildman–Crippen LogP) is 5.20. The van der Waals surface area contributed by atoms with Gasteiger partial charge in [0.15, 0.2) is 5.11 Å². The third-order valence-electron chi connectivity index (χ3n) is 5.46. The maximum Gasteiger partial charge on any atom is 0.341 e. The van der Waals surface area contributed by atoms with Gasteiger partial charge in [0.25, 0.3) is 5.91 Å². The Morgan fingerprint density at radius 3 is 2.57 bits per heavy atom. The summed E-state index contributed by atoms with van der Waals surface area (Å²) >= 11 is 6.89. The molecule has 1 aliphatic rings. The van der Waals surface area contributed by atoms with E-state index in [9.17, 15) is 9.59 Å². The molecule has 160 valence electrons. The number of hydrogen-bond donors (Lipinski definition) is 2. The second-order valence-corrected chi connectivity index (χ2v) is 10.0. The molecule has 0 unspecified atom stereocenters. The topological polar surface area (TPSA) is 67.4 Å². The second-order valence-electron chi connectivity index (χ2n) is 8.51. The van der Waals surface area contributed by atoms with Gasteiger partial charge in [0.2, 0.25) is 0 Å². The quantitative estimate of drug-likeness (QED) is 0.501. The predicted molar refractivity (Wildman–Crippen MR) is 125 cm³/mol. The molecule has 0 aliphatic heterocycles. The molecule has 7 heteroatoms.